The molecule has 3 nitrogen and oxygen atoms in total. The Hall–Kier alpha value is -0.960. The lowest BCUT2D eigenvalue weighted by atomic mass is 10.0. The van der Waals surface area contributed by atoms with Gasteiger partial charge in [0.2, 0.25) is 0 Å². The van der Waals surface area contributed by atoms with Gasteiger partial charge >= 0.3 is 0 Å². The molecular weight excluding hydrogens is 152 g/mol. The largest absolute Gasteiger partial charge is 0.384 e. The molecule has 0 radical (unpaired) electrons. The summed E-state index contributed by atoms with van der Waals surface area (Å²) in [6, 6.07) is 0. The zero-order chi connectivity index (χ0) is 9.35. The zero-order valence-corrected chi connectivity index (χ0v) is 7.92. The molecule has 1 aromatic heterocycles. The number of nitrogens with zero attached hydrogens (tertiary/aromatic N) is 2. The number of rotatable bonds is 1. The summed E-state index contributed by atoms with van der Waals surface area (Å²) < 4.78 is 0. The molecule has 0 spiro atoms. The maximum atomic E-state index is 9.69. The molecule has 0 aliphatic heterocycles. The fourth-order valence-corrected chi connectivity index (χ4v) is 1.12. The van der Waals surface area contributed by atoms with Crippen molar-refractivity contribution in [1.29, 1.82) is 0 Å². The number of aryl methyl sites for hydroxylation is 2. The normalized spacial score (nSPS) is 11.8. The molecule has 1 rings (SSSR count). The Morgan fingerprint density at radius 3 is 2.33 bits per heavy atom. The summed E-state index contributed by atoms with van der Waals surface area (Å²) in [7, 11) is 0. The Labute approximate surface area is 72.5 Å². The van der Waals surface area contributed by atoms with Crippen LogP contribution in [0.15, 0.2) is 6.20 Å². The van der Waals surface area contributed by atoms with Crippen LogP contribution in [0.2, 0.25) is 0 Å². The molecule has 0 saturated heterocycles. The van der Waals surface area contributed by atoms with E-state index in [0.717, 1.165) is 11.4 Å². The van der Waals surface area contributed by atoms with Crippen LogP contribution in [0.3, 0.4) is 0 Å². The molecule has 12 heavy (non-hydrogen) atoms. The van der Waals surface area contributed by atoms with Gasteiger partial charge in [0.1, 0.15) is 5.60 Å². The minimum Gasteiger partial charge on any atom is -0.384 e. The number of hydrogen-bond acceptors (Lipinski definition) is 3. The van der Waals surface area contributed by atoms with Crippen molar-refractivity contribution in [3.8, 4) is 0 Å². The highest BCUT2D eigenvalue weighted by Gasteiger charge is 2.20. The Kier molecular flexibility index (Phi) is 2.15. The molecule has 0 aliphatic rings. The van der Waals surface area contributed by atoms with E-state index < -0.39 is 5.60 Å². The third-order valence-electron chi connectivity index (χ3n) is 1.66. The highest BCUT2D eigenvalue weighted by Crippen LogP contribution is 2.19. The maximum absolute atomic E-state index is 9.69. The van der Waals surface area contributed by atoms with E-state index in [1.54, 1.807) is 20.0 Å². The second-order valence-electron chi connectivity index (χ2n) is 3.50. The van der Waals surface area contributed by atoms with E-state index in [9.17, 15) is 5.11 Å². The fourth-order valence-electron chi connectivity index (χ4n) is 1.12. The Bertz CT molecular complexity index is 289. The summed E-state index contributed by atoms with van der Waals surface area (Å²) in [5.74, 6) is 0. The van der Waals surface area contributed by atoms with Crippen molar-refractivity contribution in [3.05, 3.63) is 23.3 Å². The molecular formula is C9H14N2O. The van der Waals surface area contributed by atoms with E-state index in [1.807, 2.05) is 13.8 Å². The lowest BCUT2D eigenvalue weighted by Gasteiger charge is -2.18. The first-order valence-electron chi connectivity index (χ1n) is 3.94. The molecule has 0 unspecified atom stereocenters. The lowest BCUT2D eigenvalue weighted by Crippen LogP contribution is -2.20. The van der Waals surface area contributed by atoms with Crippen molar-refractivity contribution in [2.45, 2.75) is 33.3 Å². The first-order valence-corrected chi connectivity index (χ1v) is 3.94. The molecule has 0 aliphatic carbocycles. The van der Waals surface area contributed by atoms with Gasteiger partial charge in [0.25, 0.3) is 0 Å². The second-order valence-corrected chi connectivity index (χ2v) is 3.50. The summed E-state index contributed by atoms with van der Waals surface area (Å²) in [4.78, 5) is 8.35. The van der Waals surface area contributed by atoms with Crippen molar-refractivity contribution in [3.63, 3.8) is 0 Å². The average molecular weight is 166 g/mol. The minimum absolute atomic E-state index is 0.655. The summed E-state index contributed by atoms with van der Waals surface area (Å²) in [6.07, 6.45) is 1.70. The van der Waals surface area contributed by atoms with Crippen LogP contribution in [-0.4, -0.2) is 15.1 Å². The van der Waals surface area contributed by atoms with Crippen LogP contribution in [0.1, 0.15) is 30.9 Å². The first-order chi connectivity index (χ1) is 5.41. The standard InChI is InChI=1S/C9H14N2O/c1-6-5-10-7(2)8(11-6)9(3,4)12/h5,12H,1-4H3. The number of aliphatic hydroxyl groups is 1. The molecule has 0 fully saturated rings. The van der Waals surface area contributed by atoms with Gasteiger partial charge in [0.15, 0.2) is 0 Å². The Balaban J connectivity index is 3.23. The van der Waals surface area contributed by atoms with Crippen molar-refractivity contribution in [2.75, 3.05) is 0 Å². The van der Waals surface area contributed by atoms with Crippen LogP contribution in [0, 0.1) is 13.8 Å². The van der Waals surface area contributed by atoms with Gasteiger partial charge < -0.3 is 5.11 Å². The summed E-state index contributed by atoms with van der Waals surface area (Å²) in [5.41, 5.74) is 1.37. The second kappa shape index (κ2) is 2.83. The highest BCUT2D eigenvalue weighted by molar-refractivity contribution is 5.17. The molecule has 0 amide bonds. The highest BCUT2D eigenvalue weighted by atomic mass is 16.3. The van der Waals surface area contributed by atoms with Gasteiger partial charge in [-0.05, 0) is 27.7 Å². The monoisotopic (exact) mass is 166 g/mol. The van der Waals surface area contributed by atoms with Crippen molar-refractivity contribution in [1.82, 2.24) is 9.97 Å². The van der Waals surface area contributed by atoms with E-state index in [1.165, 1.54) is 0 Å². The van der Waals surface area contributed by atoms with Crippen LogP contribution in [0.5, 0.6) is 0 Å². The summed E-state index contributed by atoms with van der Waals surface area (Å²) in [6.45, 7) is 7.13. The van der Waals surface area contributed by atoms with Crippen LogP contribution in [0.25, 0.3) is 0 Å². The van der Waals surface area contributed by atoms with Crippen molar-refractivity contribution in [2.24, 2.45) is 0 Å². The SMILES string of the molecule is Cc1cnc(C)c(C(C)(C)O)n1. The van der Waals surface area contributed by atoms with Gasteiger partial charge in [0, 0.05) is 6.20 Å². The van der Waals surface area contributed by atoms with Gasteiger partial charge in [-0.3, -0.25) is 9.97 Å². The molecule has 1 heterocycles. The third kappa shape index (κ3) is 1.80. The predicted octanol–water partition coefficient (Wildman–Crippen LogP) is 1.32. The Morgan fingerprint density at radius 1 is 1.33 bits per heavy atom. The molecule has 0 aromatic carbocycles. The fraction of sp³-hybridized carbons (Fsp3) is 0.556. The molecule has 0 saturated carbocycles. The van der Waals surface area contributed by atoms with Gasteiger partial charge in [-0.25, -0.2) is 0 Å². The molecule has 1 N–H and O–H groups in total. The van der Waals surface area contributed by atoms with Crippen LogP contribution in [-0.2, 0) is 5.60 Å². The third-order valence-corrected chi connectivity index (χ3v) is 1.66. The summed E-state index contributed by atoms with van der Waals surface area (Å²) >= 11 is 0. The van der Waals surface area contributed by atoms with Gasteiger partial charge in [0.05, 0.1) is 17.1 Å². The molecule has 0 bridgehead atoms. The number of aromatic nitrogens is 2. The quantitative estimate of drug-likeness (QED) is 0.684. The van der Waals surface area contributed by atoms with Gasteiger partial charge in [-0.1, -0.05) is 0 Å². The maximum Gasteiger partial charge on any atom is 0.103 e. The molecule has 0 atom stereocenters. The summed E-state index contributed by atoms with van der Waals surface area (Å²) in [5, 5.41) is 9.69. The van der Waals surface area contributed by atoms with Crippen LogP contribution >= 0.6 is 0 Å². The minimum atomic E-state index is -0.900. The van der Waals surface area contributed by atoms with E-state index >= 15 is 0 Å². The van der Waals surface area contributed by atoms with E-state index in [0.29, 0.717) is 5.69 Å². The van der Waals surface area contributed by atoms with Gasteiger partial charge in [-0.15, -0.1) is 0 Å². The van der Waals surface area contributed by atoms with E-state index in [2.05, 4.69) is 9.97 Å². The molecule has 66 valence electrons. The molecule has 3 heteroatoms. The first kappa shape index (κ1) is 9.13. The van der Waals surface area contributed by atoms with E-state index in [4.69, 9.17) is 0 Å². The predicted molar refractivity (Wildman–Crippen MR) is 46.8 cm³/mol. The topological polar surface area (TPSA) is 46.0 Å². The molecule has 1 aromatic rings. The van der Waals surface area contributed by atoms with Crippen LogP contribution in [0.4, 0.5) is 0 Å². The zero-order valence-electron chi connectivity index (χ0n) is 7.92. The number of hydrogen-bond donors (Lipinski definition) is 1. The lowest BCUT2D eigenvalue weighted by molar-refractivity contribution is 0.0724. The smallest absolute Gasteiger partial charge is 0.103 e. The Morgan fingerprint density at radius 2 is 1.92 bits per heavy atom. The van der Waals surface area contributed by atoms with Crippen LogP contribution < -0.4 is 0 Å². The van der Waals surface area contributed by atoms with E-state index in [-0.39, 0.29) is 0 Å². The average Bonchev–Trinajstić information content (AvgIpc) is 1.92. The van der Waals surface area contributed by atoms with Crippen molar-refractivity contribution >= 4 is 0 Å². The van der Waals surface area contributed by atoms with Crippen molar-refractivity contribution < 1.29 is 5.11 Å². The van der Waals surface area contributed by atoms with Gasteiger partial charge in [-0.2, -0.15) is 0 Å².